The van der Waals surface area contributed by atoms with Gasteiger partial charge in [-0.1, -0.05) is 13.8 Å². The van der Waals surface area contributed by atoms with Crippen LogP contribution in [-0.2, 0) is 14.3 Å². The van der Waals surface area contributed by atoms with Gasteiger partial charge >= 0.3 is 0 Å². The first-order chi connectivity index (χ1) is 9.45. The molecule has 1 saturated heterocycles. The van der Waals surface area contributed by atoms with E-state index in [9.17, 15) is 4.79 Å². The average molecular weight is 286 g/mol. The molecule has 1 saturated carbocycles. The molecular formula is C14H26N2O4. The highest BCUT2D eigenvalue weighted by molar-refractivity contribution is 5.84. The van der Waals surface area contributed by atoms with Crippen molar-refractivity contribution in [3.8, 4) is 0 Å². The third kappa shape index (κ3) is 4.18. The van der Waals surface area contributed by atoms with Crippen LogP contribution in [0.3, 0.4) is 0 Å². The molecule has 1 aliphatic carbocycles. The number of nitrogens with one attached hydrogen (secondary N) is 1. The van der Waals surface area contributed by atoms with Crippen LogP contribution in [0.5, 0.6) is 0 Å². The lowest BCUT2D eigenvalue weighted by Gasteiger charge is -2.38. The van der Waals surface area contributed by atoms with Gasteiger partial charge in [0.2, 0.25) is 5.91 Å². The summed E-state index contributed by atoms with van der Waals surface area (Å²) in [6, 6.07) is 0. The largest absolute Gasteiger partial charge is 0.483 e. The minimum Gasteiger partial charge on any atom is -0.483 e. The first-order valence-electron chi connectivity index (χ1n) is 7.16. The third-order valence-corrected chi connectivity index (χ3v) is 4.04. The summed E-state index contributed by atoms with van der Waals surface area (Å²) < 4.78 is 5.15. The van der Waals surface area contributed by atoms with Crippen LogP contribution < -0.4 is 5.32 Å². The molecule has 2 rings (SSSR count). The number of likely N-dealkylation sites (N-methyl/N-ethyl adjacent to an activating group) is 1. The normalized spacial score (nSPS) is 21.2. The first-order valence-corrected chi connectivity index (χ1v) is 7.16. The summed E-state index contributed by atoms with van der Waals surface area (Å²) >= 11 is 0. The molecule has 0 spiro atoms. The Kier molecular flexibility index (Phi) is 5.95. The average Bonchev–Trinajstić information content (AvgIpc) is 3.13. The Labute approximate surface area is 120 Å². The van der Waals surface area contributed by atoms with Gasteiger partial charge in [-0.25, -0.2) is 0 Å². The summed E-state index contributed by atoms with van der Waals surface area (Å²) in [6.07, 6.45) is 2.23. The highest BCUT2D eigenvalue weighted by Gasteiger charge is 2.49. The second-order valence-corrected chi connectivity index (χ2v) is 5.85. The molecule has 0 atom stereocenters. The van der Waals surface area contributed by atoms with E-state index in [1.165, 1.54) is 0 Å². The molecule has 1 aliphatic heterocycles. The molecule has 0 aromatic heterocycles. The third-order valence-electron chi connectivity index (χ3n) is 4.04. The first kappa shape index (κ1) is 16.9. The van der Waals surface area contributed by atoms with Crippen LogP contribution in [0.4, 0.5) is 0 Å². The highest BCUT2D eigenvalue weighted by Crippen LogP contribution is 2.38. The second-order valence-electron chi connectivity index (χ2n) is 5.85. The predicted molar refractivity (Wildman–Crippen MR) is 75.5 cm³/mol. The van der Waals surface area contributed by atoms with Gasteiger partial charge in [-0.2, -0.15) is 0 Å². The standard InChI is InChI=1S/C13H24N2O2.CH2O2/c1-4-15(5-2)8-13(6-7-13)14-11(16)12(3)9-17-10-12;2-1-3/h4-10H2,1-3H3,(H,14,16);1H,(H,2,3). The number of carbonyl (C=O) groups is 2. The lowest BCUT2D eigenvalue weighted by molar-refractivity contribution is -0.158. The SMILES string of the molecule is CCN(CC)CC1(NC(=O)C2(C)COC2)CC1.O=CO. The molecule has 0 bridgehead atoms. The number of hydrogen-bond acceptors (Lipinski definition) is 4. The van der Waals surface area contributed by atoms with E-state index in [0.717, 1.165) is 32.5 Å². The lowest BCUT2D eigenvalue weighted by atomic mass is 9.87. The van der Waals surface area contributed by atoms with Crippen molar-refractivity contribution < 1.29 is 19.4 Å². The van der Waals surface area contributed by atoms with Crippen LogP contribution in [-0.4, -0.2) is 60.8 Å². The molecule has 0 aromatic rings. The van der Waals surface area contributed by atoms with Gasteiger partial charge < -0.3 is 20.1 Å². The maximum absolute atomic E-state index is 12.2. The van der Waals surface area contributed by atoms with Gasteiger partial charge in [0.25, 0.3) is 6.47 Å². The van der Waals surface area contributed by atoms with Crippen molar-refractivity contribution in [3.63, 3.8) is 0 Å². The van der Waals surface area contributed by atoms with Gasteiger partial charge in [0.05, 0.1) is 24.2 Å². The molecule has 1 amide bonds. The van der Waals surface area contributed by atoms with Crippen molar-refractivity contribution in [2.24, 2.45) is 5.41 Å². The molecule has 20 heavy (non-hydrogen) atoms. The summed E-state index contributed by atoms with van der Waals surface area (Å²) in [6.45, 7) is 10.3. The van der Waals surface area contributed by atoms with E-state index >= 15 is 0 Å². The Bertz CT molecular complexity index is 334. The van der Waals surface area contributed by atoms with E-state index in [0.29, 0.717) is 13.2 Å². The van der Waals surface area contributed by atoms with E-state index in [-0.39, 0.29) is 23.3 Å². The fourth-order valence-corrected chi connectivity index (χ4v) is 2.28. The predicted octanol–water partition coefficient (Wildman–Crippen LogP) is 0.714. The van der Waals surface area contributed by atoms with Crippen LogP contribution in [0.25, 0.3) is 0 Å². The van der Waals surface area contributed by atoms with Crippen molar-refractivity contribution in [2.45, 2.75) is 39.2 Å². The Balaban J connectivity index is 0.000000612. The van der Waals surface area contributed by atoms with Gasteiger partial charge in [-0.05, 0) is 32.9 Å². The Morgan fingerprint density at radius 2 is 1.85 bits per heavy atom. The number of ether oxygens (including phenoxy) is 1. The van der Waals surface area contributed by atoms with Gasteiger partial charge in [-0.3, -0.25) is 9.59 Å². The molecule has 0 unspecified atom stereocenters. The van der Waals surface area contributed by atoms with Crippen molar-refractivity contribution in [1.82, 2.24) is 10.2 Å². The maximum atomic E-state index is 12.2. The zero-order chi connectivity index (χ0) is 15.2. The monoisotopic (exact) mass is 286 g/mol. The Morgan fingerprint density at radius 1 is 1.35 bits per heavy atom. The minimum absolute atomic E-state index is 0.0572. The summed E-state index contributed by atoms with van der Waals surface area (Å²) in [4.78, 5) is 22.9. The lowest BCUT2D eigenvalue weighted by Crippen LogP contribution is -2.56. The molecule has 2 N–H and O–H groups in total. The molecule has 2 aliphatic rings. The molecular weight excluding hydrogens is 260 g/mol. The van der Waals surface area contributed by atoms with E-state index in [2.05, 4.69) is 24.1 Å². The number of rotatable bonds is 6. The van der Waals surface area contributed by atoms with Gasteiger partial charge in [0, 0.05) is 6.54 Å². The number of carboxylic acid groups (broad SMARTS) is 1. The van der Waals surface area contributed by atoms with Crippen molar-refractivity contribution in [3.05, 3.63) is 0 Å². The number of nitrogens with zero attached hydrogens (tertiary/aromatic N) is 1. The van der Waals surface area contributed by atoms with Crippen LogP contribution in [0, 0.1) is 5.41 Å². The smallest absolute Gasteiger partial charge is 0.290 e. The van der Waals surface area contributed by atoms with Gasteiger partial charge in [-0.15, -0.1) is 0 Å². The molecule has 116 valence electrons. The molecule has 6 nitrogen and oxygen atoms in total. The topological polar surface area (TPSA) is 78.9 Å². The zero-order valence-electron chi connectivity index (χ0n) is 12.6. The fraction of sp³-hybridized carbons (Fsp3) is 0.857. The Hall–Kier alpha value is -1.14. The van der Waals surface area contributed by atoms with Crippen LogP contribution in [0.1, 0.15) is 33.6 Å². The fourth-order valence-electron chi connectivity index (χ4n) is 2.28. The summed E-state index contributed by atoms with van der Waals surface area (Å²) in [5.41, 5.74) is -0.222. The van der Waals surface area contributed by atoms with Crippen LogP contribution >= 0.6 is 0 Å². The van der Waals surface area contributed by atoms with E-state index in [1.807, 2.05) is 6.92 Å². The minimum atomic E-state index is -0.279. The van der Waals surface area contributed by atoms with Crippen molar-refractivity contribution in [2.75, 3.05) is 32.8 Å². The quantitative estimate of drug-likeness (QED) is 0.703. The maximum Gasteiger partial charge on any atom is 0.290 e. The van der Waals surface area contributed by atoms with E-state index in [1.54, 1.807) is 0 Å². The summed E-state index contributed by atoms with van der Waals surface area (Å²) in [7, 11) is 0. The van der Waals surface area contributed by atoms with E-state index in [4.69, 9.17) is 14.6 Å². The van der Waals surface area contributed by atoms with Gasteiger partial charge in [0.15, 0.2) is 0 Å². The summed E-state index contributed by atoms with van der Waals surface area (Å²) in [5, 5.41) is 10.1. The zero-order valence-corrected chi connectivity index (χ0v) is 12.6. The molecule has 0 radical (unpaired) electrons. The second kappa shape index (κ2) is 7.04. The molecule has 6 heteroatoms. The molecule has 1 heterocycles. The van der Waals surface area contributed by atoms with Crippen molar-refractivity contribution >= 4 is 12.4 Å². The van der Waals surface area contributed by atoms with Crippen molar-refractivity contribution in [1.29, 1.82) is 0 Å². The Morgan fingerprint density at radius 3 is 2.15 bits per heavy atom. The number of amides is 1. The van der Waals surface area contributed by atoms with E-state index < -0.39 is 0 Å². The number of carbonyl (C=O) groups excluding carboxylic acids is 1. The summed E-state index contributed by atoms with van der Waals surface area (Å²) in [5.74, 6) is 0.174. The van der Waals surface area contributed by atoms with Gasteiger partial charge in [0.1, 0.15) is 0 Å². The molecule has 0 aromatic carbocycles. The number of hydrogen-bond donors (Lipinski definition) is 2. The highest BCUT2D eigenvalue weighted by atomic mass is 16.5. The molecule has 2 fully saturated rings. The van der Waals surface area contributed by atoms with Crippen LogP contribution in [0.15, 0.2) is 0 Å². The van der Waals surface area contributed by atoms with Crippen LogP contribution in [0.2, 0.25) is 0 Å².